The Balaban J connectivity index is 2.24. The van der Waals surface area contributed by atoms with Gasteiger partial charge in [-0.25, -0.2) is 0 Å². The maximum absolute atomic E-state index is 12.7. The Morgan fingerprint density at radius 2 is 2.05 bits per heavy atom. The van der Waals surface area contributed by atoms with Crippen LogP contribution in [0.2, 0.25) is 0 Å². The quantitative estimate of drug-likeness (QED) is 0.919. The molecule has 1 N–H and O–H groups in total. The van der Waals surface area contributed by atoms with Gasteiger partial charge >= 0.3 is 5.97 Å². The third-order valence-electron chi connectivity index (χ3n) is 4.31. The van der Waals surface area contributed by atoms with E-state index < -0.39 is 11.4 Å². The largest absolute Gasteiger partial charge is 0.481 e. The normalized spacial score (nSPS) is 21.8. The predicted molar refractivity (Wildman–Crippen MR) is 78.3 cm³/mol. The molecule has 1 fully saturated rings. The molecule has 21 heavy (non-hydrogen) atoms. The van der Waals surface area contributed by atoms with E-state index in [0.717, 1.165) is 24.4 Å². The molecule has 0 aromatic carbocycles. The maximum atomic E-state index is 12.7. The average molecular weight is 293 g/mol. The summed E-state index contributed by atoms with van der Waals surface area (Å²) in [5.41, 5.74) is 1.37. The zero-order chi connectivity index (χ0) is 15.8. The van der Waals surface area contributed by atoms with Crippen molar-refractivity contribution < 1.29 is 14.7 Å². The molecule has 1 aromatic heterocycles. The first kappa shape index (κ1) is 15.5. The number of carbonyl (C=O) groups is 2. The Kier molecular flexibility index (Phi) is 4.07. The van der Waals surface area contributed by atoms with Crippen molar-refractivity contribution in [3.63, 3.8) is 0 Å². The van der Waals surface area contributed by atoms with Crippen LogP contribution in [0.1, 0.15) is 48.4 Å². The van der Waals surface area contributed by atoms with Crippen LogP contribution in [0.25, 0.3) is 0 Å². The number of carboxylic acid groups (broad SMARTS) is 1. The molecule has 1 atom stereocenters. The van der Waals surface area contributed by atoms with Gasteiger partial charge in [-0.3, -0.25) is 14.3 Å². The fraction of sp³-hybridized carbons (Fsp3) is 0.667. The first-order valence-corrected chi connectivity index (χ1v) is 7.37. The number of likely N-dealkylation sites (tertiary alicyclic amines) is 1. The van der Waals surface area contributed by atoms with Gasteiger partial charge in [0.1, 0.15) is 0 Å². The van der Waals surface area contributed by atoms with Crippen LogP contribution in [0.15, 0.2) is 0 Å². The van der Waals surface area contributed by atoms with Gasteiger partial charge in [-0.15, -0.1) is 0 Å². The zero-order valence-corrected chi connectivity index (χ0v) is 13.1. The number of amides is 1. The summed E-state index contributed by atoms with van der Waals surface area (Å²) < 4.78 is 1.86. The summed E-state index contributed by atoms with van der Waals surface area (Å²) in [6.07, 6.45) is 1.45. The van der Waals surface area contributed by atoms with Crippen molar-refractivity contribution in [2.45, 2.75) is 47.1 Å². The van der Waals surface area contributed by atoms with Crippen LogP contribution >= 0.6 is 0 Å². The van der Waals surface area contributed by atoms with E-state index in [2.05, 4.69) is 12.0 Å². The number of aliphatic carboxylic acids is 1. The Morgan fingerprint density at radius 3 is 2.57 bits per heavy atom. The van der Waals surface area contributed by atoms with Crippen molar-refractivity contribution in [3.05, 3.63) is 17.0 Å². The van der Waals surface area contributed by atoms with Crippen molar-refractivity contribution in [1.82, 2.24) is 14.7 Å². The van der Waals surface area contributed by atoms with E-state index in [1.54, 1.807) is 11.8 Å². The summed E-state index contributed by atoms with van der Waals surface area (Å²) in [6, 6.07) is 0. The molecule has 2 rings (SSSR count). The van der Waals surface area contributed by atoms with Gasteiger partial charge in [0.2, 0.25) is 0 Å². The van der Waals surface area contributed by atoms with Gasteiger partial charge in [0, 0.05) is 25.3 Å². The number of hydrogen-bond acceptors (Lipinski definition) is 3. The van der Waals surface area contributed by atoms with Gasteiger partial charge in [-0.1, -0.05) is 6.92 Å². The topological polar surface area (TPSA) is 75.4 Å². The van der Waals surface area contributed by atoms with Gasteiger partial charge in [0.05, 0.1) is 16.7 Å². The highest BCUT2D eigenvalue weighted by Gasteiger charge is 2.43. The Labute approximate surface area is 124 Å². The highest BCUT2D eigenvalue weighted by atomic mass is 16.4. The molecule has 1 aliphatic rings. The van der Waals surface area contributed by atoms with E-state index >= 15 is 0 Å². The average Bonchev–Trinajstić information content (AvgIpc) is 2.93. The second kappa shape index (κ2) is 5.50. The van der Waals surface area contributed by atoms with Gasteiger partial charge in [0.25, 0.3) is 5.91 Å². The summed E-state index contributed by atoms with van der Waals surface area (Å²) in [6.45, 7) is 9.03. The third-order valence-corrected chi connectivity index (χ3v) is 4.31. The molecule has 1 saturated heterocycles. The number of hydrogen-bond donors (Lipinski definition) is 1. The molecular formula is C15H23N3O3. The summed E-state index contributed by atoms with van der Waals surface area (Å²) in [7, 11) is 0. The van der Waals surface area contributed by atoms with Crippen molar-refractivity contribution in [1.29, 1.82) is 0 Å². The first-order valence-electron chi connectivity index (χ1n) is 7.37. The molecular weight excluding hydrogens is 270 g/mol. The minimum absolute atomic E-state index is 0.0997. The van der Waals surface area contributed by atoms with Crippen molar-refractivity contribution >= 4 is 11.9 Å². The molecule has 0 radical (unpaired) electrons. The molecule has 1 amide bonds. The molecule has 0 bridgehead atoms. The van der Waals surface area contributed by atoms with E-state index in [4.69, 9.17) is 0 Å². The molecule has 116 valence electrons. The predicted octanol–water partition coefficient (Wildman–Crippen LogP) is 1.85. The molecule has 0 unspecified atom stereocenters. The van der Waals surface area contributed by atoms with Crippen molar-refractivity contribution in [2.24, 2.45) is 5.41 Å². The number of nitrogens with zero attached hydrogens (tertiary/aromatic N) is 3. The molecule has 1 aliphatic heterocycles. The molecule has 2 heterocycles. The Morgan fingerprint density at radius 1 is 1.38 bits per heavy atom. The molecule has 0 aliphatic carbocycles. The standard InChI is InChI=1S/C15H23N3O3/c1-5-7-18-11(3)12(10(2)16-18)13(19)17-8-6-15(4,9-17)14(20)21/h5-9H2,1-4H3,(H,20,21)/t15-/m0/s1. The number of aryl methyl sites for hydroxylation is 2. The van der Waals surface area contributed by atoms with E-state index in [9.17, 15) is 14.7 Å². The van der Waals surface area contributed by atoms with E-state index in [-0.39, 0.29) is 12.5 Å². The van der Waals surface area contributed by atoms with E-state index in [0.29, 0.717) is 18.5 Å². The lowest BCUT2D eigenvalue weighted by molar-refractivity contribution is -0.147. The highest BCUT2D eigenvalue weighted by Crippen LogP contribution is 2.31. The SMILES string of the molecule is CCCn1nc(C)c(C(=O)N2CC[C@](C)(C(=O)O)C2)c1C. The van der Waals surface area contributed by atoms with Crippen molar-refractivity contribution in [3.8, 4) is 0 Å². The van der Waals surface area contributed by atoms with Gasteiger partial charge in [-0.05, 0) is 33.6 Å². The zero-order valence-electron chi connectivity index (χ0n) is 13.1. The Hall–Kier alpha value is -1.85. The van der Waals surface area contributed by atoms with Gasteiger partial charge < -0.3 is 10.0 Å². The molecule has 6 nitrogen and oxygen atoms in total. The fourth-order valence-electron chi connectivity index (χ4n) is 2.90. The van der Waals surface area contributed by atoms with Gasteiger partial charge in [-0.2, -0.15) is 5.10 Å². The van der Waals surface area contributed by atoms with Crippen LogP contribution in [0, 0.1) is 19.3 Å². The van der Waals surface area contributed by atoms with Crippen LogP contribution < -0.4 is 0 Å². The fourth-order valence-corrected chi connectivity index (χ4v) is 2.90. The van der Waals surface area contributed by atoms with E-state index in [1.807, 2.05) is 18.5 Å². The second-order valence-electron chi connectivity index (χ2n) is 6.11. The smallest absolute Gasteiger partial charge is 0.311 e. The first-order chi connectivity index (χ1) is 9.80. The lowest BCUT2D eigenvalue weighted by atomic mass is 9.90. The monoisotopic (exact) mass is 293 g/mol. The van der Waals surface area contributed by atoms with Crippen LogP contribution in [0.4, 0.5) is 0 Å². The molecule has 0 spiro atoms. The highest BCUT2D eigenvalue weighted by molar-refractivity contribution is 5.97. The van der Waals surface area contributed by atoms with E-state index in [1.165, 1.54) is 0 Å². The Bertz CT molecular complexity index is 579. The minimum atomic E-state index is -0.840. The summed E-state index contributed by atoms with van der Waals surface area (Å²) >= 11 is 0. The summed E-state index contributed by atoms with van der Waals surface area (Å²) in [5, 5.41) is 13.7. The lowest BCUT2D eigenvalue weighted by Crippen LogP contribution is -2.35. The summed E-state index contributed by atoms with van der Waals surface area (Å²) in [4.78, 5) is 25.6. The van der Waals surface area contributed by atoms with Crippen LogP contribution in [0.5, 0.6) is 0 Å². The molecule has 1 aromatic rings. The molecule has 6 heteroatoms. The van der Waals surface area contributed by atoms with Crippen molar-refractivity contribution in [2.75, 3.05) is 13.1 Å². The van der Waals surface area contributed by atoms with Crippen LogP contribution in [0.3, 0.4) is 0 Å². The summed E-state index contributed by atoms with van der Waals surface area (Å²) in [5.74, 6) is -0.940. The third kappa shape index (κ3) is 2.66. The molecule has 0 saturated carbocycles. The minimum Gasteiger partial charge on any atom is -0.481 e. The van der Waals surface area contributed by atoms with Crippen LogP contribution in [-0.4, -0.2) is 44.8 Å². The maximum Gasteiger partial charge on any atom is 0.311 e. The number of aromatic nitrogens is 2. The number of carbonyl (C=O) groups excluding carboxylic acids is 1. The van der Waals surface area contributed by atoms with Crippen LogP contribution in [-0.2, 0) is 11.3 Å². The van der Waals surface area contributed by atoms with Gasteiger partial charge in [0.15, 0.2) is 0 Å². The second-order valence-corrected chi connectivity index (χ2v) is 6.11. The number of carboxylic acids is 1. The number of rotatable bonds is 4. The lowest BCUT2D eigenvalue weighted by Gasteiger charge is -2.20.